The number of aliphatic carboxylic acids is 1. The number of carboxylic acid groups (broad SMARTS) is 1. The molecule has 0 aliphatic heterocycles. The third kappa shape index (κ3) is 7.11. The summed E-state index contributed by atoms with van der Waals surface area (Å²) in [6.45, 7) is 0.860. The highest BCUT2D eigenvalue weighted by molar-refractivity contribution is 6.00. The van der Waals surface area contributed by atoms with Crippen molar-refractivity contribution >= 4 is 39.8 Å². The second kappa shape index (κ2) is 13.5. The van der Waals surface area contributed by atoms with Crippen molar-refractivity contribution in [1.29, 1.82) is 0 Å². The maximum absolute atomic E-state index is 13.4. The van der Waals surface area contributed by atoms with Crippen molar-refractivity contribution in [2.24, 2.45) is 0 Å². The summed E-state index contributed by atoms with van der Waals surface area (Å²) < 4.78 is 7.05. The Hall–Kier alpha value is -5.18. The summed E-state index contributed by atoms with van der Waals surface area (Å²) in [4.78, 5) is 42.1. The number of benzene rings is 3. The van der Waals surface area contributed by atoms with Gasteiger partial charge >= 0.3 is 12.1 Å². The third-order valence-corrected chi connectivity index (χ3v) is 7.02. The number of hydrogen-bond acceptors (Lipinski definition) is 5. The van der Waals surface area contributed by atoms with E-state index in [1.165, 1.54) is 0 Å². The van der Waals surface area contributed by atoms with E-state index < -0.39 is 24.0 Å². The highest BCUT2D eigenvalue weighted by atomic mass is 16.5. The summed E-state index contributed by atoms with van der Waals surface area (Å²) in [6, 6.07) is 29.5. The van der Waals surface area contributed by atoms with Gasteiger partial charge in [0.1, 0.15) is 18.3 Å². The van der Waals surface area contributed by atoms with Gasteiger partial charge < -0.3 is 25.0 Å². The Bertz CT molecular complexity index is 1700. The molecule has 42 heavy (non-hydrogen) atoms. The van der Waals surface area contributed by atoms with Gasteiger partial charge in [0.25, 0.3) is 5.91 Å². The van der Waals surface area contributed by atoms with E-state index in [1.807, 2.05) is 95.6 Å². The average molecular weight is 565 g/mol. The number of nitrogens with zero attached hydrogens (tertiary/aromatic N) is 2. The molecule has 0 saturated carbocycles. The Balaban J connectivity index is 1.19. The summed E-state index contributed by atoms with van der Waals surface area (Å²) >= 11 is 0. The Labute approximate surface area is 243 Å². The molecular weight excluding hydrogens is 532 g/mol. The molecule has 3 N–H and O–H groups in total. The lowest BCUT2D eigenvalue weighted by atomic mass is 10.1. The van der Waals surface area contributed by atoms with E-state index in [9.17, 15) is 19.5 Å². The largest absolute Gasteiger partial charge is 0.480 e. The number of aromatic nitrogens is 2. The highest BCUT2D eigenvalue weighted by Gasteiger charge is 2.23. The van der Waals surface area contributed by atoms with Crippen molar-refractivity contribution in [3.63, 3.8) is 0 Å². The van der Waals surface area contributed by atoms with Crippen LogP contribution in [-0.4, -0.2) is 45.2 Å². The molecule has 0 aliphatic rings. The predicted octanol–water partition coefficient (Wildman–Crippen LogP) is 5.52. The second-order valence-corrected chi connectivity index (χ2v) is 10.0. The fourth-order valence-electron chi connectivity index (χ4n) is 4.85. The molecule has 0 unspecified atom stereocenters. The molecule has 9 heteroatoms. The van der Waals surface area contributed by atoms with E-state index in [-0.39, 0.29) is 13.0 Å². The lowest BCUT2D eigenvalue weighted by molar-refractivity contribution is -0.139. The zero-order valence-corrected chi connectivity index (χ0v) is 23.0. The molecule has 0 aliphatic carbocycles. The van der Waals surface area contributed by atoms with Gasteiger partial charge in [0.2, 0.25) is 0 Å². The van der Waals surface area contributed by atoms with E-state index in [0.29, 0.717) is 31.6 Å². The zero-order chi connectivity index (χ0) is 29.3. The monoisotopic (exact) mass is 564 g/mol. The number of ether oxygens (including phenoxy) is 1. The van der Waals surface area contributed by atoms with Crippen LogP contribution in [0.15, 0.2) is 97.1 Å². The highest BCUT2D eigenvalue weighted by Crippen LogP contribution is 2.22. The number of carboxylic acids is 1. The molecule has 2 amide bonds. The molecule has 0 bridgehead atoms. The van der Waals surface area contributed by atoms with Crippen LogP contribution in [-0.2, 0) is 22.7 Å². The number of amides is 2. The Morgan fingerprint density at radius 1 is 0.857 bits per heavy atom. The number of alkyl carbamates (subject to hydrolysis) is 1. The molecule has 3 aromatic carbocycles. The minimum Gasteiger partial charge on any atom is -0.480 e. The van der Waals surface area contributed by atoms with Crippen LogP contribution in [0.2, 0.25) is 0 Å². The van der Waals surface area contributed by atoms with Crippen LogP contribution < -0.4 is 10.6 Å². The first-order chi connectivity index (χ1) is 20.5. The van der Waals surface area contributed by atoms with Gasteiger partial charge in [0.05, 0.1) is 17.8 Å². The van der Waals surface area contributed by atoms with Crippen molar-refractivity contribution in [2.75, 3.05) is 6.54 Å². The van der Waals surface area contributed by atoms with Crippen molar-refractivity contribution in [2.45, 2.75) is 38.5 Å². The minimum absolute atomic E-state index is 0.174. The Kier molecular flexibility index (Phi) is 9.08. The van der Waals surface area contributed by atoms with Crippen molar-refractivity contribution in [1.82, 2.24) is 20.2 Å². The fraction of sp³-hybridized carbons (Fsp3) is 0.212. The number of fused-ring (bicyclic) bond motifs is 2. The predicted molar refractivity (Wildman–Crippen MR) is 160 cm³/mol. The molecule has 5 aromatic rings. The number of nitrogens with one attached hydrogen (secondary N) is 2. The van der Waals surface area contributed by atoms with Gasteiger partial charge in [-0.2, -0.15) is 0 Å². The number of pyridine rings is 1. The van der Waals surface area contributed by atoms with E-state index >= 15 is 0 Å². The molecule has 2 heterocycles. The molecule has 214 valence electrons. The molecule has 0 saturated heterocycles. The molecule has 0 spiro atoms. The Morgan fingerprint density at radius 2 is 1.60 bits per heavy atom. The van der Waals surface area contributed by atoms with Gasteiger partial charge in [0, 0.05) is 22.8 Å². The van der Waals surface area contributed by atoms with Crippen LogP contribution in [0, 0.1) is 0 Å². The molecular formula is C33H32N4O5. The van der Waals surface area contributed by atoms with Crippen molar-refractivity contribution < 1.29 is 24.2 Å². The molecule has 5 rings (SSSR count). The maximum Gasteiger partial charge on any atom is 0.407 e. The van der Waals surface area contributed by atoms with Gasteiger partial charge in [-0.25, -0.2) is 9.59 Å². The summed E-state index contributed by atoms with van der Waals surface area (Å²) in [5.41, 5.74) is 3.76. The van der Waals surface area contributed by atoms with E-state index in [0.717, 1.165) is 33.1 Å². The van der Waals surface area contributed by atoms with Crippen molar-refractivity contribution in [3.8, 4) is 0 Å². The standard InChI is InChI=1S/C33H32N4O5/c38-31(36-28(32(39)40)15-8-9-19-34-33(41)42-22-23-10-2-1-3-11-23)30-20-25-13-5-7-16-29(25)37(30)21-26-18-17-24-12-4-6-14-27(24)35-26/h1-7,10-14,16-18,20,28H,8-9,15,19,21-22H2,(H,34,41)(H,36,38)(H,39,40)/t28-/m0/s1. The first-order valence-electron chi connectivity index (χ1n) is 13.9. The van der Waals surface area contributed by atoms with Crippen LogP contribution in [0.1, 0.15) is 41.0 Å². The Morgan fingerprint density at radius 3 is 2.40 bits per heavy atom. The normalized spacial score (nSPS) is 11.7. The van der Waals surface area contributed by atoms with E-state index in [2.05, 4.69) is 10.6 Å². The molecule has 1 atom stereocenters. The lowest BCUT2D eigenvalue weighted by Gasteiger charge is -2.16. The average Bonchev–Trinajstić information content (AvgIpc) is 3.38. The van der Waals surface area contributed by atoms with Gasteiger partial charge in [-0.05, 0) is 49.1 Å². The van der Waals surface area contributed by atoms with Crippen LogP contribution in [0.4, 0.5) is 4.79 Å². The molecule has 2 aromatic heterocycles. The van der Waals surface area contributed by atoms with Crippen LogP contribution in [0.25, 0.3) is 21.8 Å². The number of carbonyl (C=O) groups is 3. The van der Waals surface area contributed by atoms with Crippen LogP contribution in [0.5, 0.6) is 0 Å². The fourth-order valence-corrected chi connectivity index (χ4v) is 4.85. The van der Waals surface area contributed by atoms with Gasteiger partial charge in [0.15, 0.2) is 0 Å². The maximum atomic E-state index is 13.4. The summed E-state index contributed by atoms with van der Waals surface area (Å²) in [5.74, 6) is -1.58. The van der Waals surface area contributed by atoms with E-state index in [1.54, 1.807) is 6.07 Å². The number of unbranched alkanes of at least 4 members (excludes halogenated alkanes) is 1. The first kappa shape index (κ1) is 28.4. The summed E-state index contributed by atoms with van der Waals surface area (Å²) in [5, 5.41) is 17.1. The molecule has 9 nitrogen and oxygen atoms in total. The summed E-state index contributed by atoms with van der Waals surface area (Å²) in [7, 11) is 0. The number of rotatable bonds is 12. The van der Waals surface area contributed by atoms with E-state index in [4.69, 9.17) is 9.72 Å². The smallest absolute Gasteiger partial charge is 0.407 e. The quantitative estimate of drug-likeness (QED) is 0.172. The van der Waals surface area contributed by atoms with Gasteiger partial charge in [-0.3, -0.25) is 9.78 Å². The third-order valence-electron chi connectivity index (χ3n) is 7.02. The molecule has 0 radical (unpaired) electrons. The van der Waals surface area contributed by atoms with Gasteiger partial charge in [-0.1, -0.05) is 72.8 Å². The van der Waals surface area contributed by atoms with Crippen LogP contribution in [0.3, 0.4) is 0 Å². The zero-order valence-electron chi connectivity index (χ0n) is 23.0. The molecule has 0 fully saturated rings. The number of para-hydroxylation sites is 2. The summed E-state index contributed by atoms with van der Waals surface area (Å²) in [6.07, 6.45) is 0.707. The SMILES string of the molecule is O=C(NCCCC[C@H](NC(=O)c1cc2ccccc2n1Cc1ccc2ccccc2n1)C(=O)O)OCc1ccccc1. The topological polar surface area (TPSA) is 123 Å². The second-order valence-electron chi connectivity index (χ2n) is 10.0. The lowest BCUT2D eigenvalue weighted by Crippen LogP contribution is -2.41. The van der Waals surface area contributed by atoms with Crippen LogP contribution >= 0.6 is 0 Å². The number of carbonyl (C=O) groups excluding carboxylic acids is 2. The number of hydrogen-bond donors (Lipinski definition) is 3. The van der Waals surface area contributed by atoms with Gasteiger partial charge in [-0.15, -0.1) is 0 Å². The van der Waals surface area contributed by atoms with Crippen molar-refractivity contribution in [3.05, 3.63) is 114 Å². The minimum atomic E-state index is -1.11. The first-order valence-corrected chi connectivity index (χ1v) is 13.9.